The summed E-state index contributed by atoms with van der Waals surface area (Å²) < 4.78 is 1.86. The highest BCUT2D eigenvalue weighted by Crippen LogP contribution is 2.15. The van der Waals surface area contributed by atoms with E-state index in [1.807, 2.05) is 39.8 Å². The molecule has 138 valence electrons. The van der Waals surface area contributed by atoms with E-state index in [2.05, 4.69) is 41.1 Å². The van der Waals surface area contributed by atoms with E-state index in [0.717, 1.165) is 38.4 Å². The second-order valence-electron chi connectivity index (χ2n) is 7.04. The van der Waals surface area contributed by atoms with Crippen LogP contribution >= 0.6 is 0 Å². The first-order chi connectivity index (χ1) is 13.2. The Bertz CT molecular complexity index is 911. The molecule has 2 heterocycles. The van der Waals surface area contributed by atoms with Crippen molar-refractivity contribution in [2.45, 2.75) is 13.5 Å². The van der Waals surface area contributed by atoms with Crippen molar-refractivity contribution >= 4 is 5.91 Å². The number of aromatic nitrogens is 2. The summed E-state index contributed by atoms with van der Waals surface area (Å²) >= 11 is 0. The van der Waals surface area contributed by atoms with Crippen molar-refractivity contribution in [1.29, 1.82) is 0 Å². The third-order valence-electron chi connectivity index (χ3n) is 5.04. The van der Waals surface area contributed by atoms with E-state index in [0.29, 0.717) is 5.69 Å². The molecule has 1 aliphatic heterocycles. The summed E-state index contributed by atoms with van der Waals surface area (Å²) in [5.74, 6) is 0.0477. The summed E-state index contributed by atoms with van der Waals surface area (Å²) in [5.41, 5.74) is 4.19. The summed E-state index contributed by atoms with van der Waals surface area (Å²) in [6.07, 6.45) is 3.37. The molecule has 0 atom stereocenters. The van der Waals surface area contributed by atoms with Gasteiger partial charge >= 0.3 is 0 Å². The molecule has 0 radical (unpaired) electrons. The van der Waals surface area contributed by atoms with Gasteiger partial charge in [0.25, 0.3) is 5.91 Å². The monoisotopic (exact) mass is 360 g/mol. The minimum absolute atomic E-state index is 0.0477. The molecule has 1 amide bonds. The molecule has 5 heteroatoms. The van der Waals surface area contributed by atoms with Gasteiger partial charge in [0.1, 0.15) is 5.69 Å². The number of carbonyl (C=O) groups is 1. The van der Waals surface area contributed by atoms with Crippen molar-refractivity contribution in [3.05, 3.63) is 83.9 Å². The molecule has 0 unspecified atom stereocenters. The van der Waals surface area contributed by atoms with Crippen LogP contribution in [0.25, 0.3) is 5.69 Å². The fourth-order valence-corrected chi connectivity index (χ4v) is 3.59. The lowest BCUT2D eigenvalue weighted by Gasteiger charge is -2.34. The molecule has 0 aliphatic carbocycles. The van der Waals surface area contributed by atoms with Crippen LogP contribution in [0.4, 0.5) is 0 Å². The fraction of sp³-hybridized carbons (Fsp3) is 0.273. The van der Waals surface area contributed by atoms with Crippen molar-refractivity contribution in [3.8, 4) is 5.69 Å². The molecule has 1 fully saturated rings. The normalized spacial score (nSPS) is 15.1. The Morgan fingerprint density at radius 1 is 1.00 bits per heavy atom. The standard InChI is InChI=1S/C22H24N4O/c1-18-6-5-7-19(14-18)16-24-10-12-25(13-11-24)22(27)21-15-23-17-26(21)20-8-3-2-4-9-20/h2-9,14-15,17H,10-13,16H2,1H3. The first-order valence-electron chi connectivity index (χ1n) is 9.35. The van der Waals surface area contributed by atoms with Crippen LogP contribution in [0.3, 0.4) is 0 Å². The van der Waals surface area contributed by atoms with Crippen LogP contribution < -0.4 is 0 Å². The molecular weight excluding hydrogens is 336 g/mol. The van der Waals surface area contributed by atoms with Crippen LogP contribution in [0, 0.1) is 6.92 Å². The number of para-hydroxylation sites is 1. The molecule has 0 saturated carbocycles. The molecule has 1 aliphatic rings. The first-order valence-corrected chi connectivity index (χ1v) is 9.35. The molecule has 3 aromatic rings. The van der Waals surface area contributed by atoms with Gasteiger partial charge < -0.3 is 4.90 Å². The van der Waals surface area contributed by atoms with E-state index in [4.69, 9.17) is 0 Å². The molecule has 0 N–H and O–H groups in total. The third-order valence-corrected chi connectivity index (χ3v) is 5.04. The van der Waals surface area contributed by atoms with Gasteiger partial charge in [-0.3, -0.25) is 14.3 Å². The lowest BCUT2D eigenvalue weighted by Crippen LogP contribution is -2.48. The number of imidazole rings is 1. The molecule has 2 aromatic carbocycles. The lowest BCUT2D eigenvalue weighted by atomic mass is 10.1. The highest BCUT2D eigenvalue weighted by Gasteiger charge is 2.24. The third kappa shape index (κ3) is 3.93. The molecule has 4 rings (SSSR count). The largest absolute Gasteiger partial charge is 0.335 e. The van der Waals surface area contributed by atoms with E-state index in [-0.39, 0.29) is 5.91 Å². The molecular formula is C22H24N4O. The maximum Gasteiger partial charge on any atom is 0.272 e. The number of hydrogen-bond donors (Lipinski definition) is 0. The van der Waals surface area contributed by atoms with Gasteiger partial charge in [-0.25, -0.2) is 4.98 Å². The summed E-state index contributed by atoms with van der Waals surface area (Å²) in [4.78, 5) is 21.6. The van der Waals surface area contributed by atoms with Gasteiger partial charge in [-0.2, -0.15) is 0 Å². The molecule has 1 aromatic heterocycles. The Hall–Kier alpha value is -2.92. The van der Waals surface area contributed by atoms with E-state index in [1.165, 1.54) is 11.1 Å². The second kappa shape index (κ2) is 7.76. The van der Waals surface area contributed by atoms with E-state index in [9.17, 15) is 4.79 Å². The Balaban J connectivity index is 1.40. The van der Waals surface area contributed by atoms with E-state index in [1.54, 1.807) is 12.5 Å². The molecule has 5 nitrogen and oxygen atoms in total. The minimum atomic E-state index is 0.0477. The average Bonchev–Trinajstić information content (AvgIpc) is 3.19. The molecule has 0 bridgehead atoms. The number of rotatable bonds is 4. The van der Waals surface area contributed by atoms with Crippen molar-refractivity contribution in [2.75, 3.05) is 26.2 Å². The van der Waals surface area contributed by atoms with Crippen molar-refractivity contribution in [3.63, 3.8) is 0 Å². The van der Waals surface area contributed by atoms with Crippen LogP contribution in [0.15, 0.2) is 67.1 Å². The maximum atomic E-state index is 13.0. The Morgan fingerprint density at radius 2 is 1.78 bits per heavy atom. The summed E-state index contributed by atoms with van der Waals surface area (Å²) in [5, 5.41) is 0. The van der Waals surface area contributed by atoms with Gasteiger partial charge in [0, 0.05) is 38.4 Å². The molecule has 27 heavy (non-hydrogen) atoms. The van der Waals surface area contributed by atoms with Gasteiger partial charge in [0.05, 0.1) is 12.5 Å². The number of benzene rings is 2. The lowest BCUT2D eigenvalue weighted by molar-refractivity contribution is 0.0620. The van der Waals surface area contributed by atoms with Crippen LogP contribution in [0.1, 0.15) is 21.6 Å². The average molecular weight is 360 g/mol. The van der Waals surface area contributed by atoms with Crippen LogP contribution in [0.5, 0.6) is 0 Å². The second-order valence-corrected chi connectivity index (χ2v) is 7.04. The number of carbonyl (C=O) groups excluding carboxylic acids is 1. The van der Waals surface area contributed by atoms with Gasteiger partial charge in [-0.1, -0.05) is 48.0 Å². The maximum absolute atomic E-state index is 13.0. The highest BCUT2D eigenvalue weighted by molar-refractivity contribution is 5.93. The Kier molecular flexibility index (Phi) is 5.03. The molecule has 1 saturated heterocycles. The SMILES string of the molecule is Cc1cccc(CN2CCN(C(=O)c3cncn3-c3ccccc3)CC2)c1. The predicted octanol–water partition coefficient (Wildman–Crippen LogP) is 3.14. The number of piperazine rings is 1. The van der Waals surface area contributed by atoms with Crippen LogP contribution in [-0.4, -0.2) is 51.4 Å². The fourth-order valence-electron chi connectivity index (χ4n) is 3.59. The van der Waals surface area contributed by atoms with Crippen molar-refractivity contribution in [2.24, 2.45) is 0 Å². The quantitative estimate of drug-likeness (QED) is 0.718. The zero-order chi connectivity index (χ0) is 18.6. The van der Waals surface area contributed by atoms with Gasteiger partial charge in [-0.05, 0) is 24.6 Å². The van der Waals surface area contributed by atoms with Gasteiger partial charge in [0.2, 0.25) is 0 Å². The highest BCUT2D eigenvalue weighted by atomic mass is 16.2. The first kappa shape index (κ1) is 17.5. The van der Waals surface area contributed by atoms with Crippen molar-refractivity contribution < 1.29 is 4.79 Å². The molecule has 0 spiro atoms. The Morgan fingerprint density at radius 3 is 2.52 bits per heavy atom. The van der Waals surface area contributed by atoms with Gasteiger partial charge in [0.15, 0.2) is 0 Å². The zero-order valence-electron chi connectivity index (χ0n) is 15.6. The Labute approximate surface area is 159 Å². The summed E-state index contributed by atoms with van der Waals surface area (Å²) in [6.45, 7) is 6.31. The number of hydrogen-bond acceptors (Lipinski definition) is 3. The van der Waals surface area contributed by atoms with Gasteiger partial charge in [-0.15, -0.1) is 0 Å². The smallest absolute Gasteiger partial charge is 0.272 e. The van der Waals surface area contributed by atoms with Crippen LogP contribution in [0.2, 0.25) is 0 Å². The van der Waals surface area contributed by atoms with Crippen molar-refractivity contribution in [1.82, 2.24) is 19.4 Å². The van der Waals surface area contributed by atoms with E-state index < -0.39 is 0 Å². The summed E-state index contributed by atoms with van der Waals surface area (Å²) in [6, 6.07) is 18.5. The number of amides is 1. The number of nitrogens with zero attached hydrogens (tertiary/aromatic N) is 4. The van der Waals surface area contributed by atoms with E-state index >= 15 is 0 Å². The topological polar surface area (TPSA) is 41.4 Å². The summed E-state index contributed by atoms with van der Waals surface area (Å²) in [7, 11) is 0. The van der Waals surface area contributed by atoms with Crippen LogP contribution in [-0.2, 0) is 6.54 Å². The zero-order valence-corrected chi connectivity index (χ0v) is 15.6. The predicted molar refractivity (Wildman–Crippen MR) is 106 cm³/mol. The number of aryl methyl sites for hydroxylation is 1. The minimum Gasteiger partial charge on any atom is -0.335 e.